The fourth-order valence-corrected chi connectivity index (χ4v) is 1.28. The summed E-state index contributed by atoms with van der Waals surface area (Å²) in [7, 11) is 0. The first-order chi connectivity index (χ1) is 6.11. The zero-order valence-corrected chi connectivity index (χ0v) is 8.79. The summed E-state index contributed by atoms with van der Waals surface area (Å²) in [5, 5.41) is 0. The van der Waals surface area contributed by atoms with E-state index in [4.69, 9.17) is 4.74 Å². The van der Waals surface area contributed by atoms with Gasteiger partial charge < -0.3 is 4.74 Å². The molecule has 72 valence electrons. The molecule has 0 bridgehead atoms. The second-order valence-electron chi connectivity index (χ2n) is 3.53. The van der Waals surface area contributed by atoms with Gasteiger partial charge in [-0.05, 0) is 19.9 Å². The topological polar surface area (TPSA) is 9.23 Å². The van der Waals surface area contributed by atoms with Crippen LogP contribution in [0.25, 0.3) is 0 Å². The Hall–Kier alpha value is -1.11. The van der Waals surface area contributed by atoms with E-state index in [0.717, 1.165) is 5.75 Å². The molecule has 0 saturated carbocycles. The SMILES string of the molecule is C[CH-]c1cc(C)cc(OC(C)C)c1. The van der Waals surface area contributed by atoms with Gasteiger partial charge in [-0.25, -0.2) is 0 Å². The minimum absolute atomic E-state index is 0.242. The highest BCUT2D eigenvalue weighted by Gasteiger charge is 1.94. The van der Waals surface area contributed by atoms with Crippen LogP contribution in [0.5, 0.6) is 5.75 Å². The van der Waals surface area contributed by atoms with Crippen molar-refractivity contribution >= 4 is 0 Å². The molecule has 1 rings (SSSR count). The summed E-state index contributed by atoms with van der Waals surface area (Å²) < 4.78 is 5.62. The number of benzene rings is 1. The first-order valence-electron chi connectivity index (χ1n) is 4.69. The lowest BCUT2D eigenvalue weighted by atomic mass is 10.1. The zero-order valence-electron chi connectivity index (χ0n) is 8.79. The maximum Gasteiger partial charge on any atom is 0.0915 e. The predicted octanol–water partition coefficient (Wildman–Crippen LogP) is 3.35. The van der Waals surface area contributed by atoms with Gasteiger partial charge in [0.15, 0.2) is 0 Å². The van der Waals surface area contributed by atoms with Crippen LogP contribution in [-0.4, -0.2) is 6.10 Å². The molecule has 1 nitrogen and oxygen atoms in total. The van der Waals surface area contributed by atoms with E-state index < -0.39 is 0 Å². The lowest BCUT2D eigenvalue weighted by Gasteiger charge is -2.16. The maximum atomic E-state index is 5.62. The predicted molar refractivity (Wildman–Crippen MR) is 56.0 cm³/mol. The second kappa shape index (κ2) is 4.22. The van der Waals surface area contributed by atoms with Crippen LogP contribution >= 0.6 is 0 Å². The Morgan fingerprint density at radius 1 is 1.23 bits per heavy atom. The van der Waals surface area contributed by atoms with E-state index in [-0.39, 0.29) is 6.10 Å². The first kappa shape index (κ1) is 9.97. The lowest BCUT2D eigenvalue weighted by molar-refractivity contribution is 0.242. The van der Waals surface area contributed by atoms with E-state index in [9.17, 15) is 0 Å². The number of hydrogen-bond acceptors (Lipinski definition) is 1. The average Bonchev–Trinajstić information content (AvgIpc) is 2.01. The van der Waals surface area contributed by atoms with Crippen molar-refractivity contribution in [3.05, 3.63) is 35.7 Å². The average molecular weight is 177 g/mol. The third-order valence-corrected chi connectivity index (χ3v) is 1.78. The maximum absolute atomic E-state index is 5.62. The van der Waals surface area contributed by atoms with E-state index in [2.05, 4.69) is 31.5 Å². The Kier molecular flexibility index (Phi) is 3.24. The van der Waals surface area contributed by atoms with Crippen molar-refractivity contribution < 1.29 is 4.74 Å². The third-order valence-electron chi connectivity index (χ3n) is 1.78. The summed E-state index contributed by atoms with van der Waals surface area (Å²) in [5.74, 6) is 0.961. The number of rotatable bonds is 3. The van der Waals surface area contributed by atoms with E-state index in [1.807, 2.05) is 20.8 Å². The highest BCUT2D eigenvalue weighted by Crippen LogP contribution is 2.18. The molecule has 0 fully saturated rings. The standard InChI is InChI=1S/C12H17O/c1-5-11-6-10(4)7-12(8-11)13-9(2)3/h5-9H,1-4H3/q-1. The van der Waals surface area contributed by atoms with Crippen molar-refractivity contribution in [1.29, 1.82) is 0 Å². The third kappa shape index (κ3) is 3.02. The van der Waals surface area contributed by atoms with E-state index in [1.165, 1.54) is 11.1 Å². The van der Waals surface area contributed by atoms with Crippen LogP contribution in [0.3, 0.4) is 0 Å². The molecule has 13 heavy (non-hydrogen) atoms. The highest BCUT2D eigenvalue weighted by atomic mass is 16.5. The van der Waals surface area contributed by atoms with Gasteiger partial charge in [-0.15, -0.1) is 11.6 Å². The molecule has 0 atom stereocenters. The molecular weight excluding hydrogens is 160 g/mol. The first-order valence-corrected chi connectivity index (χ1v) is 4.69. The molecule has 0 amide bonds. The smallest absolute Gasteiger partial charge is 0.0915 e. The van der Waals surface area contributed by atoms with Crippen molar-refractivity contribution in [3.8, 4) is 5.75 Å². The largest absolute Gasteiger partial charge is 0.504 e. The molecule has 0 unspecified atom stereocenters. The summed E-state index contributed by atoms with van der Waals surface area (Å²) in [5.41, 5.74) is 2.46. The second-order valence-corrected chi connectivity index (χ2v) is 3.53. The minimum atomic E-state index is 0.242. The minimum Gasteiger partial charge on any atom is -0.504 e. The zero-order chi connectivity index (χ0) is 9.84. The summed E-state index contributed by atoms with van der Waals surface area (Å²) >= 11 is 0. The molecular formula is C12H17O-. The summed E-state index contributed by atoms with van der Waals surface area (Å²) in [6.45, 7) is 8.20. The van der Waals surface area contributed by atoms with Crippen LogP contribution in [0.1, 0.15) is 31.9 Å². The summed E-state index contributed by atoms with van der Waals surface area (Å²) in [4.78, 5) is 0. The monoisotopic (exact) mass is 177 g/mol. The van der Waals surface area contributed by atoms with Crippen LogP contribution in [0, 0.1) is 13.3 Å². The van der Waals surface area contributed by atoms with Crippen molar-refractivity contribution in [1.82, 2.24) is 0 Å². The molecule has 0 saturated heterocycles. The van der Waals surface area contributed by atoms with Gasteiger partial charge in [0.1, 0.15) is 0 Å². The van der Waals surface area contributed by atoms with Gasteiger partial charge >= 0.3 is 0 Å². The molecule has 1 heteroatoms. The van der Waals surface area contributed by atoms with Crippen LogP contribution in [-0.2, 0) is 0 Å². The van der Waals surface area contributed by atoms with Gasteiger partial charge in [-0.3, -0.25) is 0 Å². The highest BCUT2D eigenvalue weighted by molar-refractivity contribution is 5.36. The Labute approximate surface area is 80.7 Å². The van der Waals surface area contributed by atoms with Gasteiger partial charge in [0.2, 0.25) is 0 Å². The lowest BCUT2D eigenvalue weighted by Crippen LogP contribution is -2.05. The molecule has 0 spiro atoms. The van der Waals surface area contributed by atoms with Crippen LogP contribution in [0.4, 0.5) is 0 Å². The van der Waals surface area contributed by atoms with Crippen molar-refractivity contribution in [2.24, 2.45) is 0 Å². The summed E-state index contributed by atoms with van der Waals surface area (Å²) in [6.07, 6.45) is 2.33. The molecule has 0 aliphatic heterocycles. The molecule has 0 aliphatic carbocycles. The van der Waals surface area contributed by atoms with Gasteiger partial charge in [0.05, 0.1) is 11.9 Å². The number of hydrogen-bond donors (Lipinski definition) is 0. The molecule has 0 radical (unpaired) electrons. The van der Waals surface area contributed by atoms with Gasteiger partial charge in [-0.2, -0.15) is 18.1 Å². The quantitative estimate of drug-likeness (QED) is 0.643. The van der Waals surface area contributed by atoms with Crippen molar-refractivity contribution in [3.63, 3.8) is 0 Å². The Morgan fingerprint density at radius 3 is 2.46 bits per heavy atom. The molecule has 1 aromatic carbocycles. The molecule has 0 N–H and O–H groups in total. The van der Waals surface area contributed by atoms with Crippen LogP contribution < -0.4 is 4.74 Å². The van der Waals surface area contributed by atoms with Crippen molar-refractivity contribution in [2.45, 2.75) is 33.8 Å². The molecule has 0 aliphatic rings. The van der Waals surface area contributed by atoms with Gasteiger partial charge in [-0.1, -0.05) is 13.8 Å². The Balaban J connectivity index is 2.88. The van der Waals surface area contributed by atoms with Crippen LogP contribution in [0.2, 0.25) is 0 Å². The van der Waals surface area contributed by atoms with Gasteiger partial charge in [0.25, 0.3) is 0 Å². The number of ether oxygens (including phenoxy) is 1. The van der Waals surface area contributed by atoms with E-state index in [1.54, 1.807) is 0 Å². The fraction of sp³-hybridized carbons (Fsp3) is 0.417. The Morgan fingerprint density at radius 2 is 1.92 bits per heavy atom. The normalized spacial score (nSPS) is 10.2. The summed E-state index contributed by atoms with van der Waals surface area (Å²) in [6, 6.07) is 6.27. The van der Waals surface area contributed by atoms with Gasteiger partial charge in [0, 0.05) is 0 Å². The van der Waals surface area contributed by atoms with Crippen molar-refractivity contribution in [2.75, 3.05) is 0 Å². The number of aryl methyl sites for hydroxylation is 1. The molecule has 0 heterocycles. The molecule has 1 aromatic rings. The Bertz CT molecular complexity index is 276. The van der Waals surface area contributed by atoms with E-state index >= 15 is 0 Å². The van der Waals surface area contributed by atoms with E-state index in [0.29, 0.717) is 0 Å². The van der Waals surface area contributed by atoms with Crippen LogP contribution in [0.15, 0.2) is 18.2 Å². The molecule has 0 aromatic heterocycles. The fourth-order valence-electron chi connectivity index (χ4n) is 1.28.